The minimum atomic E-state index is -0.271. The Morgan fingerprint density at radius 3 is 2.75 bits per heavy atom. The number of halogens is 2. The molecule has 2 aromatic carbocycles. The van der Waals surface area contributed by atoms with Crippen molar-refractivity contribution in [3.63, 3.8) is 0 Å². The molecule has 0 saturated carbocycles. The number of hydrogen-bond acceptors (Lipinski definition) is 3. The van der Waals surface area contributed by atoms with Gasteiger partial charge in [-0.15, -0.1) is 11.3 Å². The molecule has 0 spiro atoms. The number of anilines is 1. The molecule has 0 aliphatic heterocycles. The van der Waals surface area contributed by atoms with E-state index in [1.54, 1.807) is 17.4 Å². The van der Waals surface area contributed by atoms with E-state index in [0.717, 1.165) is 15.2 Å². The smallest absolute Gasteiger partial charge is 0.147 e. The fourth-order valence-electron chi connectivity index (χ4n) is 1.99. The molecule has 1 unspecified atom stereocenters. The number of nitrogens with one attached hydrogen (secondary N) is 1. The van der Waals surface area contributed by atoms with Gasteiger partial charge in [0, 0.05) is 4.47 Å². The second-order valence-electron chi connectivity index (χ2n) is 4.48. The van der Waals surface area contributed by atoms with Gasteiger partial charge in [0.1, 0.15) is 10.8 Å². The minimum absolute atomic E-state index is 0.0550. The summed E-state index contributed by atoms with van der Waals surface area (Å²) in [5.74, 6) is -0.271. The average molecular weight is 351 g/mol. The summed E-state index contributed by atoms with van der Waals surface area (Å²) in [4.78, 5) is 4.59. The lowest BCUT2D eigenvalue weighted by molar-refractivity contribution is 0.626. The van der Waals surface area contributed by atoms with E-state index < -0.39 is 0 Å². The van der Waals surface area contributed by atoms with Gasteiger partial charge < -0.3 is 5.32 Å². The van der Waals surface area contributed by atoms with E-state index in [2.05, 4.69) is 26.2 Å². The van der Waals surface area contributed by atoms with Crippen LogP contribution in [0.5, 0.6) is 0 Å². The van der Waals surface area contributed by atoms with Crippen LogP contribution in [0, 0.1) is 5.82 Å². The van der Waals surface area contributed by atoms with Crippen molar-refractivity contribution in [2.75, 3.05) is 5.32 Å². The predicted octanol–water partition coefficient (Wildman–Crippen LogP) is 5.37. The molecule has 0 fully saturated rings. The molecular formula is C15H12BrFN2S. The van der Waals surface area contributed by atoms with Crippen molar-refractivity contribution in [2.45, 2.75) is 13.0 Å². The number of benzene rings is 2. The summed E-state index contributed by atoms with van der Waals surface area (Å²) in [5.41, 5.74) is 1.45. The van der Waals surface area contributed by atoms with Crippen molar-refractivity contribution in [2.24, 2.45) is 0 Å². The summed E-state index contributed by atoms with van der Waals surface area (Å²) in [6, 6.07) is 12.9. The molecule has 3 rings (SSSR count). The lowest BCUT2D eigenvalue weighted by Crippen LogP contribution is -2.08. The van der Waals surface area contributed by atoms with Crippen LogP contribution in [0.25, 0.3) is 10.2 Å². The first kappa shape index (κ1) is 13.5. The Kier molecular flexibility index (Phi) is 3.72. The number of nitrogens with zero attached hydrogens (tertiary/aromatic N) is 1. The van der Waals surface area contributed by atoms with Crippen molar-refractivity contribution in [1.82, 2.24) is 4.98 Å². The Labute approximate surface area is 128 Å². The Bertz CT molecular complexity index is 703. The quantitative estimate of drug-likeness (QED) is 0.686. The van der Waals surface area contributed by atoms with Gasteiger partial charge in [-0.05, 0) is 47.1 Å². The molecule has 1 aromatic heterocycles. The Morgan fingerprint density at radius 2 is 2.00 bits per heavy atom. The maximum Gasteiger partial charge on any atom is 0.147 e. The molecule has 0 amide bonds. The van der Waals surface area contributed by atoms with E-state index in [9.17, 15) is 4.39 Å². The SMILES string of the molecule is CC(Nc1c(F)cccc1Br)c1nc2ccccc2s1. The topological polar surface area (TPSA) is 24.9 Å². The first-order valence-corrected chi connectivity index (χ1v) is 7.82. The van der Waals surface area contributed by atoms with Crippen molar-refractivity contribution in [3.8, 4) is 0 Å². The first-order valence-electron chi connectivity index (χ1n) is 6.21. The average Bonchev–Trinajstić information content (AvgIpc) is 2.87. The summed E-state index contributed by atoms with van der Waals surface area (Å²) in [6.45, 7) is 1.98. The number of hydrogen-bond donors (Lipinski definition) is 1. The van der Waals surface area contributed by atoms with E-state index in [1.165, 1.54) is 6.07 Å². The van der Waals surface area contributed by atoms with Crippen LogP contribution in [0.3, 0.4) is 0 Å². The van der Waals surface area contributed by atoms with Gasteiger partial charge in [0.15, 0.2) is 0 Å². The number of aromatic nitrogens is 1. The van der Waals surface area contributed by atoms with E-state index in [0.29, 0.717) is 10.2 Å². The highest BCUT2D eigenvalue weighted by molar-refractivity contribution is 9.10. The maximum absolute atomic E-state index is 13.8. The molecule has 102 valence electrons. The Hall–Kier alpha value is -1.46. The van der Waals surface area contributed by atoms with Crippen LogP contribution in [0.2, 0.25) is 0 Å². The summed E-state index contributed by atoms with van der Waals surface area (Å²) in [6.07, 6.45) is 0. The highest BCUT2D eigenvalue weighted by Gasteiger charge is 2.14. The molecule has 20 heavy (non-hydrogen) atoms. The molecule has 0 bridgehead atoms. The molecule has 1 N–H and O–H groups in total. The van der Waals surface area contributed by atoms with E-state index in [1.807, 2.05) is 37.3 Å². The van der Waals surface area contributed by atoms with Crippen molar-refractivity contribution in [3.05, 3.63) is 57.8 Å². The number of para-hydroxylation sites is 2. The van der Waals surface area contributed by atoms with Crippen molar-refractivity contribution < 1.29 is 4.39 Å². The second-order valence-corrected chi connectivity index (χ2v) is 6.40. The zero-order valence-electron chi connectivity index (χ0n) is 10.7. The molecule has 1 heterocycles. The van der Waals surface area contributed by atoms with Crippen LogP contribution in [0.4, 0.5) is 10.1 Å². The molecule has 3 aromatic rings. The summed E-state index contributed by atoms with van der Waals surface area (Å²) < 4.78 is 15.7. The first-order chi connectivity index (χ1) is 9.65. The van der Waals surface area contributed by atoms with Crippen molar-refractivity contribution in [1.29, 1.82) is 0 Å². The van der Waals surface area contributed by atoms with E-state index >= 15 is 0 Å². The fraction of sp³-hybridized carbons (Fsp3) is 0.133. The zero-order valence-corrected chi connectivity index (χ0v) is 13.1. The maximum atomic E-state index is 13.8. The lowest BCUT2D eigenvalue weighted by atomic mass is 10.2. The molecule has 0 saturated heterocycles. The van der Waals surface area contributed by atoms with Gasteiger partial charge in [0.25, 0.3) is 0 Å². The Morgan fingerprint density at radius 1 is 1.20 bits per heavy atom. The lowest BCUT2D eigenvalue weighted by Gasteiger charge is -2.14. The molecule has 1 atom stereocenters. The van der Waals surface area contributed by atoms with Crippen molar-refractivity contribution >= 4 is 43.2 Å². The number of thiazole rings is 1. The molecule has 5 heteroatoms. The normalized spacial score (nSPS) is 12.6. The van der Waals surface area contributed by atoms with Gasteiger partial charge in [0.05, 0.1) is 21.9 Å². The van der Waals surface area contributed by atoms with Gasteiger partial charge >= 0.3 is 0 Å². The molecule has 0 aliphatic carbocycles. The van der Waals surface area contributed by atoms with Gasteiger partial charge in [-0.3, -0.25) is 0 Å². The molecule has 2 nitrogen and oxygen atoms in total. The van der Waals surface area contributed by atoms with Crippen LogP contribution >= 0.6 is 27.3 Å². The van der Waals surface area contributed by atoms with Crippen LogP contribution in [-0.4, -0.2) is 4.98 Å². The van der Waals surface area contributed by atoms with Crippen LogP contribution in [-0.2, 0) is 0 Å². The number of rotatable bonds is 3. The minimum Gasteiger partial charge on any atom is -0.373 e. The number of fused-ring (bicyclic) bond motifs is 1. The monoisotopic (exact) mass is 350 g/mol. The summed E-state index contributed by atoms with van der Waals surface area (Å²) in [7, 11) is 0. The summed E-state index contributed by atoms with van der Waals surface area (Å²) >= 11 is 4.99. The highest BCUT2D eigenvalue weighted by atomic mass is 79.9. The van der Waals surface area contributed by atoms with Gasteiger partial charge in [-0.25, -0.2) is 9.37 Å². The van der Waals surface area contributed by atoms with Gasteiger partial charge in [0.2, 0.25) is 0 Å². The highest BCUT2D eigenvalue weighted by Crippen LogP contribution is 2.32. The van der Waals surface area contributed by atoms with Gasteiger partial charge in [-0.1, -0.05) is 18.2 Å². The Balaban J connectivity index is 1.91. The fourth-order valence-corrected chi connectivity index (χ4v) is 3.42. The molecular weight excluding hydrogens is 339 g/mol. The largest absolute Gasteiger partial charge is 0.373 e. The predicted molar refractivity (Wildman–Crippen MR) is 85.8 cm³/mol. The van der Waals surface area contributed by atoms with E-state index in [4.69, 9.17) is 0 Å². The van der Waals surface area contributed by atoms with Gasteiger partial charge in [-0.2, -0.15) is 0 Å². The van der Waals surface area contributed by atoms with Crippen LogP contribution in [0.15, 0.2) is 46.9 Å². The van der Waals surface area contributed by atoms with E-state index in [-0.39, 0.29) is 11.9 Å². The zero-order chi connectivity index (χ0) is 14.1. The third-order valence-electron chi connectivity index (χ3n) is 3.00. The molecule has 0 radical (unpaired) electrons. The van der Waals surface area contributed by atoms with Crippen LogP contribution in [0.1, 0.15) is 18.0 Å². The standard InChI is InChI=1S/C15H12BrFN2S/c1-9(18-14-10(16)5-4-6-11(14)17)15-19-12-7-2-3-8-13(12)20-15/h2-9,18H,1H3. The van der Waals surface area contributed by atoms with Crippen LogP contribution < -0.4 is 5.32 Å². The summed E-state index contributed by atoms with van der Waals surface area (Å²) in [5, 5.41) is 4.13. The third kappa shape index (κ3) is 2.55. The third-order valence-corrected chi connectivity index (χ3v) is 4.88. The second kappa shape index (κ2) is 5.50. The molecule has 0 aliphatic rings.